The Morgan fingerprint density at radius 1 is 1.20 bits per heavy atom. The zero-order valence-electron chi connectivity index (χ0n) is 11.5. The lowest BCUT2D eigenvalue weighted by Gasteiger charge is -2.03. The molecule has 0 spiro atoms. The van der Waals surface area contributed by atoms with E-state index in [0.717, 1.165) is 11.1 Å². The van der Waals surface area contributed by atoms with Crippen molar-refractivity contribution in [2.24, 2.45) is 5.10 Å². The van der Waals surface area contributed by atoms with E-state index in [9.17, 15) is 4.79 Å². The summed E-state index contributed by atoms with van der Waals surface area (Å²) < 4.78 is 5.20. The lowest BCUT2D eigenvalue weighted by molar-refractivity contribution is 0.0955. The van der Waals surface area contributed by atoms with Crippen LogP contribution in [0.2, 0.25) is 0 Å². The molecule has 0 aliphatic heterocycles. The molecule has 0 atom stereocenters. The first-order chi connectivity index (χ1) is 9.70. The maximum atomic E-state index is 11.9. The summed E-state index contributed by atoms with van der Waals surface area (Å²) in [6.07, 6.45) is 1.56. The number of para-hydroxylation sites is 1. The van der Waals surface area contributed by atoms with Crippen molar-refractivity contribution >= 4 is 12.1 Å². The highest BCUT2D eigenvalue weighted by Gasteiger charge is 2.03. The van der Waals surface area contributed by atoms with Gasteiger partial charge in [0.05, 0.1) is 13.3 Å². The van der Waals surface area contributed by atoms with Crippen LogP contribution in [0.1, 0.15) is 21.5 Å². The van der Waals surface area contributed by atoms with Crippen LogP contribution in [0.3, 0.4) is 0 Å². The number of hydrogen-bond acceptors (Lipinski definition) is 3. The van der Waals surface area contributed by atoms with Gasteiger partial charge in [-0.3, -0.25) is 4.79 Å². The quantitative estimate of drug-likeness (QED) is 0.684. The Morgan fingerprint density at radius 3 is 2.75 bits per heavy atom. The summed E-state index contributed by atoms with van der Waals surface area (Å²) in [5.74, 6) is 0.473. The number of nitrogens with zero attached hydrogens (tertiary/aromatic N) is 1. The summed E-state index contributed by atoms with van der Waals surface area (Å²) in [5.41, 5.74) is 4.93. The van der Waals surface area contributed by atoms with E-state index >= 15 is 0 Å². The lowest BCUT2D eigenvalue weighted by Crippen LogP contribution is -2.17. The summed E-state index contributed by atoms with van der Waals surface area (Å²) in [4.78, 5) is 11.9. The van der Waals surface area contributed by atoms with Crippen LogP contribution in [0.25, 0.3) is 0 Å². The smallest absolute Gasteiger partial charge is 0.271 e. The van der Waals surface area contributed by atoms with E-state index in [0.29, 0.717) is 11.3 Å². The van der Waals surface area contributed by atoms with Gasteiger partial charge >= 0.3 is 0 Å². The van der Waals surface area contributed by atoms with Crippen LogP contribution in [0.5, 0.6) is 5.75 Å². The summed E-state index contributed by atoms with van der Waals surface area (Å²) in [7, 11) is 1.60. The third-order valence-electron chi connectivity index (χ3n) is 2.79. The fraction of sp³-hybridized carbons (Fsp3) is 0.125. The second kappa shape index (κ2) is 6.52. The van der Waals surface area contributed by atoms with Gasteiger partial charge < -0.3 is 4.74 Å². The van der Waals surface area contributed by atoms with Gasteiger partial charge in [-0.05, 0) is 31.2 Å². The molecule has 0 heterocycles. The first kappa shape index (κ1) is 13.8. The molecule has 2 aromatic rings. The van der Waals surface area contributed by atoms with Crippen molar-refractivity contribution in [3.05, 3.63) is 65.2 Å². The summed E-state index contributed by atoms with van der Waals surface area (Å²) in [6, 6.07) is 14.8. The number of benzene rings is 2. The number of rotatable bonds is 4. The van der Waals surface area contributed by atoms with Gasteiger partial charge in [-0.2, -0.15) is 5.10 Å². The molecule has 0 aliphatic rings. The van der Waals surface area contributed by atoms with E-state index in [1.54, 1.807) is 19.4 Å². The average Bonchev–Trinajstić information content (AvgIpc) is 2.47. The van der Waals surface area contributed by atoms with Crippen molar-refractivity contribution in [2.75, 3.05) is 7.11 Å². The summed E-state index contributed by atoms with van der Waals surface area (Å²) in [5, 5.41) is 3.95. The molecule has 0 fully saturated rings. The summed E-state index contributed by atoms with van der Waals surface area (Å²) >= 11 is 0. The molecule has 20 heavy (non-hydrogen) atoms. The number of amides is 1. The fourth-order valence-corrected chi connectivity index (χ4v) is 1.78. The molecule has 2 rings (SSSR count). The molecular formula is C16H16N2O2. The third-order valence-corrected chi connectivity index (χ3v) is 2.79. The van der Waals surface area contributed by atoms with Crippen LogP contribution in [0, 0.1) is 6.92 Å². The van der Waals surface area contributed by atoms with Crippen LogP contribution in [0.4, 0.5) is 0 Å². The van der Waals surface area contributed by atoms with Crippen molar-refractivity contribution in [3.8, 4) is 5.75 Å². The average molecular weight is 268 g/mol. The molecule has 0 unspecified atom stereocenters. The second-order valence-corrected chi connectivity index (χ2v) is 4.31. The molecule has 0 aliphatic carbocycles. The Labute approximate surface area is 118 Å². The highest BCUT2D eigenvalue weighted by Crippen LogP contribution is 2.14. The van der Waals surface area contributed by atoms with Crippen LogP contribution >= 0.6 is 0 Å². The number of carbonyl (C=O) groups is 1. The van der Waals surface area contributed by atoms with Crippen LogP contribution < -0.4 is 10.2 Å². The fourth-order valence-electron chi connectivity index (χ4n) is 1.78. The van der Waals surface area contributed by atoms with Crippen molar-refractivity contribution in [1.29, 1.82) is 0 Å². The molecule has 4 nitrogen and oxygen atoms in total. The van der Waals surface area contributed by atoms with Crippen molar-refractivity contribution in [2.45, 2.75) is 6.92 Å². The Bertz CT molecular complexity index is 636. The molecule has 2 aromatic carbocycles. The van der Waals surface area contributed by atoms with Crippen LogP contribution in [-0.2, 0) is 0 Å². The van der Waals surface area contributed by atoms with Gasteiger partial charge in [0, 0.05) is 11.1 Å². The maximum absolute atomic E-state index is 11.9. The first-order valence-corrected chi connectivity index (χ1v) is 6.24. The topological polar surface area (TPSA) is 50.7 Å². The number of carbonyl (C=O) groups excluding carboxylic acids is 1. The largest absolute Gasteiger partial charge is 0.496 e. The van der Waals surface area contributed by atoms with Crippen LogP contribution in [-0.4, -0.2) is 19.2 Å². The van der Waals surface area contributed by atoms with Crippen molar-refractivity contribution in [1.82, 2.24) is 5.43 Å². The number of hydrogen-bond donors (Lipinski definition) is 1. The molecular weight excluding hydrogens is 252 g/mol. The molecule has 102 valence electrons. The van der Waals surface area contributed by atoms with Gasteiger partial charge in [0.2, 0.25) is 0 Å². The second-order valence-electron chi connectivity index (χ2n) is 4.31. The molecule has 0 saturated heterocycles. The molecule has 0 radical (unpaired) electrons. The Morgan fingerprint density at radius 2 is 2.00 bits per heavy atom. The van der Waals surface area contributed by atoms with Crippen LogP contribution in [0.15, 0.2) is 53.6 Å². The van der Waals surface area contributed by atoms with E-state index in [2.05, 4.69) is 10.5 Å². The van der Waals surface area contributed by atoms with Crippen molar-refractivity contribution < 1.29 is 9.53 Å². The van der Waals surface area contributed by atoms with E-state index in [4.69, 9.17) is 4.74 Å². The monoisotopic (exact) mass is 268 g/mol. The molecule has 0 bridgehead atoms. The molecule has 4 heteroatoms. The molecule has 0 saturated carbocycles. The van der Waals surface area contributed by atoms with E-state index < -0.39 is 0 Å². The normalized spacial score (nSPS) is 10.5. The number of ether oxygens (including phenoxy) is 1. The Balaban J connectivity index is 2.05. The predicted octanol–water partition coefficient (Wildman–Crippen LogP) is 2.77. The lowest BCUT2D eigenvalue weighted by atomic mass is 10.1. The number of methoxy groups -OCH3 is 1. The standard InChI is InChI=1S/C16H16N2O2/c1-12-6-5-8-13(10-12)16(19)18-17-11-14-7-3-4-9-15(14)20-2/h3-11H,1-2H3,(H,18,19)/b17-11-. The SMILES string of the molecule is COc1ccccc1/C=N\NC(=O)c1cccc(C)c1. The van der Waals surface area contributed by atoms with Gasteiger partial charge in [-0.1, -0.05) is 29.8 Å². The van der Waals surface area contributed by atoms with Gasteiger partial charge in [0.25, 0.3) is 5.91 Å². The highest BCUT2D eigenvalue weighted by molar-refractivity contribution is 5.95. The number of nitrogens with one attached hydrogen (secondary N) is 1. The zero-order chi connectivity index (χ0) is 14.4. The van der Waals surface area contributed by atoms with Crippen molar-refractivity contribution in [3.63, 3.8) is 0 Å². The minimum absolute atomic E-state index is 0.236. The van der Waals surface area contributed by atoms with E-state index in [1.807, 2.05) is 49.4 Å². The minimum atomic E-state index is -0.236. The third kappa shape index (κ3) is 3.45. The molecule has 0 aromatic heterocycles. The Kier molecular flexibility index (Phi) is 4.50. The minimum Gasteiger partial charge on any atom is -0.496 e. The van der Waals surface area contributed by atoms with Gasteiger partial charge in [0.1, 0.15) is 5.75 Å². The number of hydrazone groups is 1. The van der Waals surface area contributed by atoms with E-state index in [1.165, 1.54) is 0 Å². The maximum Gasteiger partial charge on any atom is 0.271 e. The predicted molar refractivity (Wildman–Crippen MR) is 79.2 cm³/mol. The first-order valence-electron chi connectivity index (χ1n) is 6.24. The zero-order valence-corrected chi connectivity index (χ0v) is 11.5. The Hall–Kier alpha value is -2.62. The summed E-state index contributed by atoms with van der Waals surface area (Å²) in [6.45, 7) is 1.94. The molecule has 1 N–H and O–H groups in total. The molecule has 1 amide bonds. The van der Waals surface area contributed by atoms with E-state index in [-0.39, 0.29) is 5.91 Å². The van der Waals surface area contributed by atoms with Gasteiger partial charge in [-0.15, -0.1) is 0 Å². The highest BCUT2D eigenvalue weighted by atomic mass is 16.5. The van der Waals surface area contributed by atoms with Gasteiger partial charge in [0.15, 0.2) is 0 Å². The van der Waals surface area contributed by atoms with Gasteiger partial charge in [-0.25, -0.2) is 5.43 Å². The number of aryl methyl sites for hydroxylation is 1.